The van der Waals surface area contributed by atoms with E-state index < -0.39 is 24.1 Å². The van der Waals surface area contributed by atoms with E-state index in [0.717, 1.165) is 6.07 Å². The zero-order valence-electron chi connectivity index (χ0n) is 12.7. The number of hydrogen-bond donors (Lipinski definition) is 0. The van der Waals surface area contributed by atoms with Crippen molar-refractivity contribution in [1.82, 2.24) is 0 Å². The van der Waals surface area contributed by atoms with Gasteiger partial charge in [0.2, 0.25) is 0 Å². The number of carbonyl (C=O) groups is 2. The molecule has 1 aromatic rings. The number of halogens is 3. The molecule has 0 aliphatic heterocycles. The van der Waals surface area contributed by atoms with Crippen LogP contribution in [0.2, 0.25) is 0 Å². The molecule has 5 nitrogen and oxygen atoms in total. The summed E-state index contributed by atoms with van der Waals surface area (Å²) in [6.07, 6.45) is -4.99. The molecule has 8 heteroatoms. The monoisotopic (exact) mass is 334 g/mol. The van der Waals surface area contributed by atoms with Crippen molar-refractivity contribution >= 4 is 11.9 Å². The number of carbonyl (C=O) groups excluding carboxylic acids is 2. The average Bonchev–Trinajstić information content (AvgIpc) is 2.44. The Morgan fingerprint density at radius 2 is 1.74 bits per heavy atom. The molecule has 0 N–H and O–H groups in total. The maximum absolute atomic E-state index is 12.5. The van der Waals surface area contributed by atoms with Gasteiger partial charge in [-0.1, -0.05) is 12.1 Å². The Morgan fingerprint density at radius 3 is 2.30 bits per heavy atom. The zero-order chi connectivity index (χ0) is 17.5. The Morgan fingerprint density at radius 1 is 1.09 bits per heavy atom. The lowest BCUT2D eigenvalue weighted by molar-refractivity contribution is -0.274. The van der Waals surface area contributed by atoms with Gasteiger partial charge in [0.05, 0.1) is 13.2 Å². The van der Waals surface area contributed by atoms with E-state index in [1.807, 2.05) is 0 Å². The number of ether oxygens (including phenoxy) is 3. The fraction of sp³-hybridized carbons (Fsp3) is 0.467. The van der Waals surface area contributed by atoms with Gasteiger partial charge in [0.25, 0.3) is 0 Å². The maximum Gasteiger partial charge on any atom is 0.573 e. The highest BCUT2D eigenvalue weighted by molar-refractivity contribution is 5.94. The Bertz CT molecular complexity index is 555. The van der Waals surface area contributed by atoms with Crippen LogP contribution >= 0.6 is 0 Å². The van der Waals surface area contributed by atoms with Gasteiger partial charge in [0.1, 0.15) is 11.3 Å². The van der Waals surface area contributed by atoms with Gasteiger partial charge in [-0.15, -0.1) is 13.2 Å². The van der Waals surface area contributed by atoms with Crippen molar-refractivity contribution in [3.05, 3.63) is 29.3 Å². The van der Waals surface area contributed by atoms with Crippen molar-refractivity contribution in [2.24, 2.45) is 0 Å². The molecule has 0 saturated heterocycles. The highest BCUT2D eigenvalue weighted by Crippen LogP contribution is 2.30. The molecule has 128 valence electrons. The molecule has 0 saturated carbocycles. The van der Waals surface area contributed by atoms with Crippen LogP contribution in [0.15, 0.2) is 18.2 Å². The number of alkyl halides is 3. The third-order valence-corrected chi connectivity index (χ3v) is 2.72. The standard InChI is InChI=1S/C15H17F3O5/c1-3-21-12(19)9-8-10-6-5-7-11(23-15(16,17)18)13(10)14(20)22-4-2/h5-7H,3-4,8-9H2,1-2H3. The summed E-state index contributed by atoms with van der Waals surface area (Å²) in [5.41, 5.74) is -0.116. The first-order valence-electron chi connectivity index (χ1n) is 6.98. The Balaban J connectivity index is 3.10. The number of hydrogen-bond acceptors (Lipinski definition) is 5. The van der Waals surface area contributed by atoms with E-state index in [1.165, 1.54) is 19.1 Å². The lowest BCUT2D eigenvalue weighted by Gasteiger charge is -2.15. The molecule has 1 rings (SSSR count). The first-order chi connectivity index (χ1) is 10.8. The van der Waals surface area contributed by atoms with E-state index in [-0.39, 0.29) is 37.2 Å². The SMILES string of the molecule is CCOC(=O)CCc1cccc(OC(F)(F)F)c1C(=O)OCC. The van der Waals surface area contributed by atoms with E-state index in [2.05, 4.69) is 4.74 Å². The molecule has 0 unspecified atom stereocenters. The lowest BCUT2D eigenvalue weighted by Crippen LogP contribution is -2.20. The van der Waals surface area contributed by atoms with Gasteiger partial charge in [0, 0.05) is 6.42 Å². The summed E-state index contributed by atoms with van der Waals surface area (Å²) in [5, 5.41) is 0. The second kappa shape index (κ2) is 8.40. The van der Waals surface area contributed by atoms with Crippen molar-refractivity contribution < 1.29 is 37.0 Å². The molecular formula is C15H17F3O5. The predicted octanol–water partition coefficient (Wildman–Crippen LogP) is 3.26. The minimum absolute atomic E-state index is 0.00347. The van der Waals surface area contributed by atoms with Gasteiger partial charge in [-0.25, -0.2) is 4.79 Å². The van der Waals surface area contributed by atoms with Crippen LogP contribution in [-0.4, -0.2) is 31.5 Å². The predicted molar refractivity (Wildman–Crippen MR) is 74.0 cm³/mol. The third-order valence-electron chi connectivity index (χ3n) is 2.72. The van der Waals surface area contributed by atoms with Crippen molar-refractivity contribution in [3.8, 4) is 5.75 Å². The molecule has 1 aromatic carbocycles. The normalized spacial score (nSPS) is 11.0. The summed E-state index contributed by atoms with van der Waals surface area (Å²) in [4.78, 5) is 23.3. The van der Waals surface area contributed by atoms with Gasteiger partial charge in [-0.2, -0.15) is 0 Å². The van der Waals surface area contributed by atoms with Crippen LogP contribution in [0.5, 0.6) is 5.75 Å². The topological polar surface area (TPSA) is 61.8 Å². The summed E-state index contributed by atoms with van der Waals surface area (Å²) >= 11 is 0. The van der Waals surface area contributed by atoms with E-state index in [9.17, 15) is 22.8 Å². The number of aryl methyl sites for hydroxylation is 1. The third kappa shape index (κ3) is 6.17. The molecule has 0 bridgehead atoms. The average molecular weight is 334 g/mol. The quantitative estimate of drug-likeness (QED) is 0.716. The molecular weight excluding hydrogens is 317 g/mol. The molecule has 0 aromatic heterocycles. The molecule has 0 aliphatic carbocycles. The minimum atomic E-state index is -4.94. The first kappa shape index (κ1) is 18.8. The molecule has 0 spiro atoms. The zero-order valence-corrected chi connectivity index (χ0v) is 12.7. The Hall–Kier alpha value is -2.25. The second-order valence-corrected chi connectivity index (χ2v) is 4.36. The fourth-order valence-corrected chi connectivity index (χ4v) is 1.90. The largest absolute Gasteiger partial charge is 0.573 e. The fourth-order valence-electron chi connectivity index (χ4n) is 1.90. The molecule has 23 heavy (non-hydrogen) atoms. The summed E-state index contributed by atoms with van der Waals surface area (Å²) in [6, 6.07) is 3.77. The highest BCUT2D eigenvalue weighted by Gasteiger charge is 2.34. The highest BCUT2D eigenvalue weighted by atomic mass is 19.4. The van der Waals surface area contributed by atoms with E-state index >= 15 is 0 Å². The van der Waals surface area contributed by atoms with Crippen molar-refractivity contribution in [2.75, 3.05) is 13.2 Å². The van der Waals surface area contributed by atoms with Gasteiger partial charge in [-0.05, 0) is 31.9 Å². The lowest BCUT2D eigenvalue weighted by atomic mass is 10.0. The molecule has 0 fully saturated rings. The van der Waals surface area contributed by atoms with Gasteiger partial charge >= 0.3 is 18.3 Å². The molecule has 0 amide bonds. The Labute approximate surface area is 131 Å². The van der Waals surface area contributed by atoms with Crippen molar-refractivity contribution in [2.45, 2.75) is 33.1 Å². The van der Waals surface area contributed by atoms with Crippen LogP contribution in [0.1, 0.15) is 36.2 Å². The van der Waals surface area contributed by atoms with Crippen LogP contribution in [0.3, 0.4) is 0 Å². The maximum atomic E-state index is 12.5. The van der Waals surface area contributed by atoms with E-state index in [0.29, 0.717) is 0 Å². The smallest absolute Gasteiger partial charge is 0.466 e. The van der Waals surface area contributed by atoms with Gasteiger partial charge in [-0.3, -0.25) is 4.79 Å². The van der Waals surface area contributed by atoms with Crippen LogP contribution in [0.4, 0.5) is 13.2 Å². The van der Waals surface area contributed by atoms with Crippen LogP contribution < -0.4 is 4.74 Å². The van der Waals surface area contributed by atoms with Crippen LogP contribution in [0.25, 0.3) is 0 Å². The van der Waals surface area contributed by atoms with E-state index in [4.69, 9.17) is 9.47 Å². The first-order valence-corrected chi connectivity index (χ1v) is 6.98. The van der Waals surface area contributed by atoms with Crippen LogP contribution in [-0.2, 0) is 20.7 Å². The molecule has 0 radical (unpaired) electrons. The summed E-state index contributed by atoms with van der Waals surface area (Å²) in [6.45, 7) is 3.36. The van der Waals surface area contributed by atoms with Gasteiger partial charge < -0.3 is 14.2 Å². The number of rotatable bonds is 7. The minimum Gasteiger partial charge on any atom is -0.466 e. The van der Waals surface area contributed by atoms with Gasteiger partial charge in [0.15, 0.2) is 0 Å². The Kier molecular flexibility index (Phi) is 6.87. The van der Waals surface area contributed by atoms with Crippen LogP contribution in [0, 0.1) is 0 Å². The number of esters is 2. The summed E-state index contributed by atoms with van der Waals surface area (Å²) in [7, 11) is 0. The second-order valence-electron chi connectivity index (χ2n) is 4.36. The summed E-state index contributed by atoms with van der Waals surface area (Å²) in [5.74, 6) is -2.10. The molecule has 0 heterocycles. The molecule has 0 aliphatic rings. The molecule has 0 atom stereocenters. The number of benzene rings is 1. The van der Waals surface area contributed by atoms with Crippen molar-refractivity contribution in [1.29, 1.82) is 0 Å². The van der Waals surface area contributed by atoms with Crippen molar-refractivity contribution in [3.63, 3.8) is 0 Å². The summed E-state index contributed by atoms with van der Waals surface area (Å²) < 4.78 is 50.8. The van der Waals surface area contributed by atoms with E-state index in [1.54, 1.807) is 6.92 Å².